The Balaban J connectivity index is 1.98. The van der Waals surface area contributed by atoms with Crippen LogP contribution in [-0.2, 0) is 19.3 Å². The maximum Gasteiger partial charge on any atom is 0.267 e. The van der Waals surface area contributed by atoms with E-state index in [4.69, 9.17) is 5.11 Å². The van der Waals surface area contributed by atoms with Crippen molar-refractivity contribution in [3.05, 3.63) is 27.2 Å². The highest BCUT2D eigenvalue weighted by Gasteiger charge is 2.17. The summed E-state index contributed by atoms with van der Waals surface area (Å²) in [6, 6.07) is 0. The minimum atomic E-state index is 0.00128. The van der Waals surface area contributed by atoms with Crippen molar-refractivity contribution in [2.45, 2.75) is 38.5 Å². The predicted molar refractivity (Wildman–Crippen MR) is 74.2 cm³/mol. The molecule has 5 heteroatoms. The van der Waals surface area contributed by atoms with Crippen molar-refractivity contribution in [3.63, 3.8) is 0 Å². The molecular weight excluding hydrogens is 248 g/mol. The lowest BCUT2D eigenvalue weighted by Gasteiger charge is -2.17. The first-order chi connectivity index (χ1) is 8.83. The summed E-state index contributed by atoms with van der Waals surface area (Å²) in [5.74, 6) is 1.99. The number of aromatic nitrogens is 2. The molecule has 0 radical (unpaired) electrons. The Labute approximate surface area is 111 Å². The number of hydrogen-bond acceptors (Lipinski definition) is 4. The fourth-order valence-corrected chi connectivity index (χ4v) is 3.25. The molecule has 0 saturated carbocycles. The highest BCUT2D eigenvalue weighted by molar-refractivity contribution is 7.99. The average molecular weight is 268 g/mol. The lowest BCUT2D eigenvalue weighted by atomic mass is 9.91. The molecule has 1 aliphatic rings. The van der Waals surface area contributed by atoms with Crippen LogP contribution in [0.4, 0.5) is 0 Å². The number of fused-ring (bicyclic) bond motifs is 1. The highest BCUT2D eigenvalue weighted by atomic mass is 32.2. The quantitative estimate of drug-likeness (QED) is 0.763. The normalized spacial score (nSPS) is 14.5. The van der Waals surface area contributed by atoms with Crippen molar-refractivity contribution in [1.82, 2.24) is 10.2 Å². The largest absolute Gasteiger partial charge is 0.396 e. The molecule has 0 atom stereocenters. The molecule has 18 heavy (non-hydrogen) atoms. The standard InChI is InChI=1S/C13H20N2O2S/c16-7-3-8-18-9-6-12-10-4-1-2-5-11(10)13(17)15-14-12/h16H,1-9H2,(H,15,17). The van der Waals surface area contributed by atoms with Crippen LogP contribution in [0.1, 0.15) is 36.1 Å². The molecule has 1 heterocycles. The Bertz CT molecular complexity index is 445. The van der Waals surface area contributed by atoms with E-state index < -0.39 is 0 Å². The van der Waals surface area contributed by atoms with Crippen molar-refractivity contribution in [2.24, 2.45) is 0 Å². The summed E-state index contributed by atoms with van der Waals surface area (Å²) in [6.07, 6.45) is 5.95. The van der Waals surface area contributed by atoms with Crippen LogP contribution in [0, 0.1) is 0 Å². The van der Waals surface area contributed by atoms with Crippen LogP contribution in [0.3, 0.4) is 0 Å². The third kappa shape index (κ3) is 3.36. The number of aliphatic hydroxyl groups is 1. The van der Waals surface area contributed by atoms with E-state index in [-0.39, 0.29) is 12.2 Å². The number of aliphatic hydroxyl groups excluding tert-OH is 1. The molecule has 0 fully saturated rings. The van der Waals surface area contributed by atoms with Gasteiger partial charge in [-0.05, 0) is 49.2 Å². The zero-order valence-electron chi connectivity index (χ0n) is 10.6. The van der Waals surface area contributed by atoms with E-state index >= 15 is 0 Å². The van der Waals surface area contributed by atoms with Gasteiger partial charge in [0.1, 0.15) is 0 Å². The van der Waals surface area contributed by atoms with E-state index in [1.54, 1.807) is 0 Å². The van der Waals surface area contributed by atoms with Gasteiger partial charge < -0.3 is 5.11 Å². The first-order valence-corrected chi connectivity index (χ1v) is 7.76. The van der Waals surface area contributed by atoms with Crippen LogP contribution in [-0.4, -0.2) is 33.4 Å². The first kappa shape index (κ1) is 13.6. The van der Waals surface area contributed by atoms with Gasteiger partial charge in [0.15, 0.2) is 0 Å². The first-order valence-electron chi connectivity index (χ1n) is 6.61. The number of rotatable bonds is 6. The van der Waals surface area contributed by atoms with Gasteiger partial charge in [0.2, 0.25) is 0 Å². The number of H-pyrrole nitrogens is 1. The van der Waals surface area contributed by atoms with Crippen molar-refractivity contribution in [2.75, 3.05) is 18.1 Å². The summed E-state index contributed by atoms with van der Waals surface area (Å²) in [7, 11) is 0. The number of hydrogen-bond donors (Lipinski definition) is 2. The zero-order valence-corrected chi connectivity index (χ0v) is 11.4. The Hall–Kier alpha value is -0.810. The Morgan fingerprint density at radius 2 is 2.00 bits per heavy atom. The summed E-state index contributed by atoms with van der Waals surface area (Å²) in [5, 5.41) is 15.5. The van der Waals surface area contributed by atoms with Gasteiger partial charge in [-0.3, -0.25) is 4.79 Å². The molecule has 1 aliphatic carbocycles. The van der Waals surface area contributed by atoms with Crippen molar-refractivity contribution >= 4 is 11.8 Å². The number of aryl methyl sites for hydroxylation is 1. The molecular formula is C13H20N2O2S. The third-order valence-electron chi connectivity index (χ3n) is 3.31. The van der Waals surface area contributed by atoms with Crippen LogP contribution in [0.15, 0.2) is 4.79 Å². The van der Waals surface area contributed by atoms with Crippen LogP contribution in [0.5, 0.6) is 0 Å². The Morgan fingerprint density at radius 3 is 2.78 bits per heavy atom. The van der Waals surface area contributed by atoms with Gasteiger partial charge in [0.05, 0.1) is 5.69 Å². The Morgan fingerprint density at radius 1 is 1.22 bits per heavy atom. The van der Waals surface area contributed by atoms with E-state index in [0.717, 1.165) is 54.9 Å². The van der Waals surface area contributed by atoms with E-state index in [1.807, 2.05) is 11.8 Å². The predicted octanol–water partition coefficient (Wildman–Crippen LogP) is 1.31. The molecule has 0 amide bonds. The Kier molecular flexibility index (Phi) is 5.26. The van der Waals surface area contributed by atoms with Crippen LogP contribution < -0.4 is 5.56 Å². The van der Waals surface area contributed by atoms with Gasteiger partial charge >= 0.3 is 0 Å². The number of aromatic amines is 1. The summed E-state index contributed by atoms with van der Waals surface area (Å²) >= 11 is 1.84. The maximum atomic E-state index is 11.7. The molecule has 0 aliphatic heterocycles. The van der Waals surface area contributed by atoms with Crippen LogP contribution >= 0.6 is 11.8 Å². The summed E-state index contributed by atoms with van der Waals surface area (Å²) < 4.78 is 0. The fourth-order valence-electron chi connectivity index (χ4n) is 2.37. The van der Waals surface area contributed by atoms with Crippen molar-refractivity contribution < 1.29 is 5.11 Å². The second-order valence-electron chi connectivity index (χ2n) is 4.60. The minimum Gasteiger partial charge on any atom is -0.396 e. The molecule has 0 saturated heterocycles. The van der Waals surface area contributed by atoms with Crippen LogP contribution in [0.25, 0.3) is 0 Å². The molecule has 1 aromatic rings. The highest BCUT2D eigenvalue weighted by Crippen LogP contribution is 2.21. The van der Waals surface area contributed by atoms with Crippen molar-refractivity contribution in [1.29, 1.82) is 0 Å². The molecule has 0 unspecified atom stereocenters. The van der Waals surface area contributed by atoms with Gasteiger partial charge in [-0.2, -0.15) is 16.9 Å². The van der Waals surface area contributed by atoms with Gasteiger partial charge in [-0.1, -0.05) is 0 Å². The molecule has 0 aromatic carbocycles. The molecule has 4 nitrogen and oxygen atoms in total. The number of nitrogens with one attached hydrogen (secondary N) is 1. The van der Waals surface area contributed by atoms with E-state index in [0.29, 0.717) is 0 Å². The van der Waals surface area contributed by atoms with Crippen LogP contribution in [0.2, 0.25) is 0 Å². The maximum absolute atomic E-state index is 11.7. The molecule has 2 rings (SSSR count). The SMILES string of the molecule is O=c1[nH]nc(CCSCCCO)c2c1CCCC2. The second-order valence-corrected chi connectivity index (χ2v) is 5.83. The second kappa shape index (κ2) is 6.95. The molecule has 100 valence electrons. The smallest absolute Gasteiger partial charge is 0.267 e. The summed E-state index contributed by atoms with van der Waals surface area (Å²) in [4.78, 5) is 11.7. The average Bonchev–Trinajstić information content (AvgIpc) is 2.41. The molecule has 0 bridgehead atoms. The summed E-state index contributed by atoms with van der Waals surface area (Å²) in [6.45, 7) is 0.263. The molecule has 0 spiro atoms. The van der Waals surface area contributed by atoms with Gasteiger partial charge in [0.25, 0.3) is 5.56 Å². The van der Waals surface area contributed by atoms with Gasteiger partial charge in [-0.15, -0.1) is 0 Å². The number of nitrogens with zero attached hydrogens (tertiary/aromatic N) is 1. The number of thioether (sulfide) groups is 1. The van der Waals surface area contributed by atoms with Gasteiger partial charge in [-0.25, -0.2) is 5.10 Å². The molecule has 1 aromatic heterocycles. The zero-order chi connectivity index (χ0) is 12.8. The van der Waals surface area contributed by atoms with E-state index in [2.05, 4.69) is 10.2 Å². The minimum absolute atomic E-state index is 0.00128. The topological polar surface area (TPSA) is 66.0 Å². The molecule has 2 N–H and O–H groups in total. The van der Waals surface area contributed by atoms with E-state index in [1.165, 1.54) is 12.0 Å². The summed E-state index contributed by atoms with van der Waals surface area (Å²) in [5.41, 5.74) is 3.24. The fraction of sp³-hybridized carbons (Fsp3) is 0.692. The third-order valence-corrected chi connectivity index (χ3v) is 4.38. The lowest BCUT2D eigenvalue weighted by molar-refractivity contribution is 0.296. The van der Waals surface area contributed by atoms with Crippen molar-refractivity contribution in [3.8, 4) is 0 Å². The van der Waals surface area contributed by atoms with Gasteiger partial charge in [0, 0.05) is 18.6 Å². The monoisotopic (exact) mass is 268 g/mol. The lowest BCUT2D eigenvalue weighted by Crippen LogP contribution is -2.23. The van der Waals surface area contributed by atoms with E-state index in [9.17, 15) is 4.79 Å².